The van der Waals surface area contributed by atoms with Crippen molar-refractivity contribution in [1.82, 2.24) is 0 Å². The van der Waals surface area contributed by atoms with Crippen LogP contribution in [0.3, 0.4) is 0 Å². The fourth-order valence-corrected chi connectivity index (χ4v) is 7.02. The minimum atomic E-state index is -1.82. The molecule has 0 aromatic heterocycles. The van der Waals surface area contributed by atoms with Crippen LogP contribution in [0.2, 0.25) is 0 Å². The first-order valence-electron chi connectivity index (χ1n) is 13.2. The molecule has 0 bridgehead atoms. The van der Waals surface area contributed by atoms with Crippen molar-refractivity contribution in [1.29, 1.82) is 0 Å². The van der Waals surface area contributed by atoms with Crippen LogP contribution >= 0.6 is 0 Å². The molecule has 3 aliphatic carbocycles. The third-order valence-electron chi connectivity index (χ3n) is 9.62. The maximum Gasteiger partial charge on any atom is 0.323 e. The van der Waals surface area contributed by atoms with Gasteiger partial charge in [0.1, 0.15) is 17.2 Å². The number of Topliss-reactive ketones (excluding diaryl/α,β-unsaturated/α-hetero) is 1. The Morgan fingerprint density at radius 1 is 1.14 bits per heavy atom. The van der Waals surface area contributed by atoms with Crippen LogP contribution in [0.4, 0.5) is 0 Å². The average Bonchev–Trinajstić information content (AvgIpc) is 3.01. The first kappa shape index (κ1) is 27.7. The molecule has 5 N–H and O–H groups in total. The zero-order valence-corrected chi connectivity index (χ0v) is 22.5. The number of esters is 1. The summed E-state index contributed by atoms with van der Waals surface area (Å²) in [6.07, 6.45) is 4.84. The SMILES string of the molecule is CC1=C[C@H]2[C@@]3(O)[C@H](C)C[C@@](C)(OC(=O)[C@@H](N)CCc4ccccc4)C(C)(C)[C@@H]3C=C(CO)C[C@]2(O)C1=O. The molecule has 1 fully saturated rings. The summed E-state index contributed by atoms with van der Waals surface area (Å²) in [5, 5.41) is 34.1. The summed E-state index contributed by atoms with van der Waals surface area (Å²) in [7, 11) is 0. The highest BCUT2D eigenvalue weighted by Gasteiger charge is 2.69. The summed E-state index contributed by atoms with van der Waals surface area (Å²) in [6.45, 7) is 8.90. The number of aliphatic hydroxyl groups is 3. The Morgan fingerprint density at radius 3 is 2.41 bits per heavy atom. The average molecular weight is 512 g/mol. The molecule has 4 rings (SSSR count). The molecule has 202 valence electrons. The van der Waals surface area contributed by atoms with Crippen LogP contribution in [-0.4, -0.2) is 56.5 Å². The number of aryl methyl sites for hydroxylation is 1. The molecule has 7 atom stereocenters. The molecule has 0 amide bonds. The van der Waals surface area contributed by atoms with E-state index >= 15 is 0 Å². The van der Waals surface area contributed by atoms with E-state index in [-0.39, 0.29) is 13.0 Å². The molecule has 7 heteroatoms. The second-order valence-electron chi connectivity index (χ2n) is 12.2. The van der Waals surface area contributed by atoms with E-state index < -0.39 is 57.8 Å². The number of benzene rings is 1. The fourth-order valence-electron chi connectivity index (χ4n) is 7.02. The Hall–Kier alpha value is -2.32. The molecule has 1 aromatic carbocycles. The van der Waals surface area contributed by atoms with Gasteiger partial charge in [-0.1, -0.05) is 63.3 Å². The number of hydrogen-bond donors (Lipinski definition) is 4. The van der Waals surface area contributed by atoms with Crippen LogP contribution in [0.5, 0.6) is 0 Å². The minimum Gasteiger partial charge on any atom is -0.458 e. The molecular formula is C30H41NO6. The zero-order valence-electron chi connectivity index (χ0n) is 22.5. The molecule has 0 unspecified atom stereocenters. The monoisotopic (exact) mass is 511 g/mol. The van der Waals surface area contributed by atoms with Crippen molar-refractivity contribution in [3.8, 4) is 0 Å². The predicted molar refractivity (Wildman–Crippen MR) is 140 cm³/mol. The second-order valence-corrected chi connectivity index (χ2v) is 12.2. The van der Waals surface area contributed by atoms with Crippen LogP contribution in [0, 0.1) is 23.2 Å². The van der Waals surface area contributed by atoms with E-state index in [0.29, 0.717) is 30.4 Å². The van der Waals surface area contributed by atoms with Crippen molar-refractivity contribution in [3.63, 3.8) is 0 Å². The van der Waals surface area contributed by atoms with Gasteiger partial charge < -0.3 is 25.8 Å². The standard InChI is InChI=1S/C30H41NO6/c1-18-13-24-29(35,25(18)33)16-21(17-32)14-23-27(3,4)28(5,15-19(2)30(23,24)36)37-26(34)22(31)12-11-20-9-7-6-8-10-20/h6-10,13-14,19,22-24,32,35-36H,11-12,15-17,31H2,1-5H3/t19-,22+,23+,24-,28-,29-,30-/m1/s1. The lowest BCUT2D eigenvalue weighted by Crippen LogP contribution is -2.69. The Labute approximate surface area is 219 Å². The van der Waals surface area contributed by atoms with Crippen LogP contribution in [0.15, 0.2) is 53.6 Å². The van der Waals surface area contributed by atoms with Crippen LogP contribution in [0.25, 0.3) is 0 Å². The van der Waals surface area contributed by atoms with E-state index in [1.807, 2.05) is 58.0 Å². The molecule has 0 saturated heterocycles. The summed E-state index contributed by atoms with van der Waals surface area (Å²) in [6, 6.07) is 9.02. The second kappa shape index (κ2) is 9.45. The number of aliphatic hydroxyl groups excluding tert-OH is 1. The summed E-state index contributed by atoms with van der Waals surface area (Å²) >= 11 is 0. The number of ether oxygens (including phenoxy) is 1. The summed E-state index contributed by atoms with van der Waals surface area (Å²) in [5.41, 5.74) is 3.12. The van der Waals surface area contributed by atoms with E-state index in [1.165, 1.54) is 0 Å². The van der Waals surface area contributed by atoms with Gasteiger partial charge in [-0.15, -0.1) is 0 Å². The van der Waals surface area contributed by atoms with Crippen molar-refractivity contribution >= 4 is 11.8 Å². The third kappa shape index (κ3) is 4.30. The largest absolute Gasteiger partial charge is 0.458 e. The summed E-state index contributed by atoms with van der Waals surface area (Å²) in [5.74, 6) is -2.81. The van der Waals surface area contributed by atoms with Gasteiger partial charge in [-0.05, 0) is 55.7 Å². The number of rotatable bonds is 6. The van der Waals surface area contributed by atoms with E-state index in [9.17, 15) is 24.9 Å². The van der Waals surface area contributed by atoms with Gasteiger partial charge >= 0.3 is 5.97 Å². The molecule has 0 aliphatic heterocycles. The molecule has 0 spiro atoms. The summed E-state index contributed by atoms with van der Waals surface area (Å²) in [4.78, 5) is 26.3. The van der Waals surface area contributed by atoms with Crippen molar-refractivity contribution in [3.05, 3.63) is 59.2 Å². The number of carbonyl (C=O) groups excluding carboxylic acids is 2. The van der Waals surface area contributed by atoms with Crippen molar-refractivity contribution in [2.24, 2.45) is 28.9 Å². The van der Waals surface area contributed by atoms with Gasteiger partial charge in [0, 0.05) is 23.7 Å². The number of carbonyl (C=O) groups is 2. The maximum atomic E-state index is 13.2. The van der Waals surface area contributed by atoms with Gasteiger partial charge in [-0.25, -0.2) is 0 Å². The predicted octanol–water partition coefficient (Wildman–Crippen LogP) is 2.86. The molecule has 7 nitrogen and oxygen atoms in total. The third-order valence-corrected chi connectivity index (χ3v) is 9.62. The first-order valence-corrected chi connectivity index (χ1v) is 13.2. The highest BCUT2D eigenvalue weighted by molar-refractivity contribution is 6.04. The van der Waals surface area contributed by atoms with Gasteiger partial charge in [0.2, 0.25) is 0 Å². The van der Waals surface area contributed by atoms with Gasteiger partial charge in [-0.3, -0.25) is 9.59 Å². The highest BCUT2D eigenvalue weighted by Crippen LogP contribution is 2.63. The Morgan fingerprint density at radius 2 is 1.78 bits per heavy atom. The van der Waals surface area contributed by atoms with E-state index in [4.69, 9.17) is 10.5 Å². The molecular weight excluding hydrogens is 470 g/mol. The van der Waals surface area contributed by atoms with Crippen LogP contribution in [-0.2, 0) is 20.7 Å². The normalized spacial score (nSPS) is 37.5. The lowest BCUT2D eigenvalue weighted by Gasteiger charge is -2.61. The van der Waals surface area contributed by atoms with Gasteiger partial charge in [0.15, 0.2) is 5.78 Å². The maximum absolute atomic E-state index is 13.2. The van der Waals surface area contributed by atoms with Crippen molar-refractivity contribution in [2.75, 3.05) is 6.61 Å². The molecule has 0 heterocycles. The fraction of sp³-hybridized carbons (Fsp3) is 0.600. The zero-order chi connectivity index (χ0) is 27.4. The summed E-state index contributed by atoms with van der Waals surface area (Å²) < 4.78 is 6.19. The van der Waals surface area contributed by atoms with Crippen LogP contribution < -0.4 is 5.73 Å². The smallest absolute Gasteiger partial charge is 0.323 e. The van der Waals surface area contributed by atoms with Gasteiger partial charge in [0.25, 0.3) is 0 Å². The molecule has 0 radical (unpaired) electrons. The van der Waals surface area contributed by atoms with Gasteiger partial charge in [-0.2, -0.15) is 0 Å². The van der Waals surface area contributed by atoms with E-state index in [0.717, 1.165) is 5.56 Å². The Balaban J connectivity index is 1.65. The van der Waals surface area contributed by atoms with Crippen molar-refractivity contribution in [2.45, 2.75) is 83.1 Å². The Bertz CT molecular complexity index is 1130. The number of fused-ring (bicyclic) bond motifs is 3. The molecule has 1 saturated carbocycles. The lowest BCUT2D eigenvalue weighted by molar-refractivity contribution is -0.246. The number of nitrogens with two attached hydrogens (primary N) is 1. The molecule has 3 aliphatic rings. The quantitative estimate of drug-likeness (QED) is 0.341. The topological polar surface area (TPSA) is 130 Å². The first-order chi connectivity index (χ1) is 17.2. The number of hydrogen-bond acceptors (Lipinski definition) is 7. The molecule has 1 aromatic rings. The Kier molecular flexibility index (Phi) is 7.08. The highest BCUT2D eigenvalue weighted by atomic mass is 16.6. The van der Waals surface area contributed by atoms with Crippen molar-refractivity contribution < 1.29 is 29.6 Å². The van der Waals surface area contributed by atoms with Gasteiger partial charge in [0.05, 0.1) is 12.2 Å². The number of ketones is 1. The minimum absolute atomic E-state index is 0.0523. The molecule has 37 heavy (non-hydrogen) atoms. The van der Waals surface area contributed by atoms with Crippen LogP contribution in [0.1, 0.15) is 59.4 Å². The van der Waals surface area contributed by atoms with E-state index in [2.05, 4.69) is 0 Å². The van der Waals surface area contributed by atoms with E-state index in [1.54, 1.807) is 19.1 Å². The lowest BCUT2D eigenvalue weighted by atomic mass is 9.48.